The lowest BCUT2D eigenvalue weighted by atomic mass is 9.96. The van der Waals surface area contributed by atoms with Crippen molar-refractivity contribution in [2.75, 3.05) is 11.5 Å². The summed E-state index contributed by atoms with van der Waals surface area (Å²) in [6, 6.07) is 8.05. The highest BCUT2D eigenvalue weighted by Crippen LogP contribution is 2.29. The summed E-state index contributed by atoms with van der Waals surface area (Å²) in [4.78, 5) is 0. The molecule has 0 aliphatic rings. The molecule has 2 aromatic carbocycles. The molecule has 0 bridgehead atoms. The maximum atomic E-state index is 5.84. The first kappa shape index (κ1) is 14.1. The lowest BCUT2D eigenvalue weighted by Gasteiger charge is -2.10. The Balaban J connectivity index is 0.000000771. The second-order valence-electron chi connectivity index (χ2n) is 3.90. The summed E-state index contributed by atoms with van der Waals surface area (Å²) in [5.41, 5.74) is 15.3. The van der Waals surface area contributed by atoms with Crippen molar-refractivity contribution < 1.29 is 0 Å². The van der Waals surface area contributed by atoms with Gasteiger partial charge in [-0.1, -0.05) is 45.6 Å². The summed E-state index contributed by atoms with van der Waals surface area (Å²) in [5, 5.41) is 2.24. The van der Waals surface area contributed by atoms with Crippen LogP contribution >= 0.6 is 0 Å². The lowest BCUT2D eigenvalue weighted by molar-refractivity contribution is 1.14. The molecule has 0 fully saturated rings. The molecule has 18 heavy (non-hydrogen) atoms. The molecule has 0 aliphatic heterocycles. The molecule has 0 unspecified atom stereocenters. The molecule has 0 amide bonds. The van der Waals surface area contributed by atoms with Crippen LogP contribution < -0.4 is 11.5 Å². The van der Waals surface area contributed by atoms with E-state index < -0.39 is 0 Å². The van der Waals surface area contributed by atoms with E-state index in [1.54, 1.807) is 0 Å². The molecule has 2 rings (SSSR count). The highest BCUT2D eigenvalue weighted by atomic mass is 14.7. The van der Waals surface area contributed by atoms with E-state index in [1.807, 2.05) is 32.1 Å². The Hall–Kier alpha value is -1.96. The van der Waals surface area contributed by atoms with Crippen LogP contribution in [0.2, 0.25) is 0 Å². The van der Waals surface area contributed by atoms with Crippen LogP contribution in [0.15, 0.2) is 30.8 Å². The summed E-state index contributed by atoms with van der Waals surface area (Å²) in [6.07, 6.45) is 2.87. The number of hydrogen-bond acceptors (Lipinski definition) is 2. The Morgan fingerprint density at radius 2 is 1.72 bits per heavy atom. The van der Waals surface area contributed by atoms with E-state index in [4.69, 9.17) is 11.5 Å². The Bertz CT molecular complexity index is 557. The number of nitrogens with two attached hydrogens (primary N) is 2. The van der Waals surface area contributed by atoms with Gasteiger partial charge < -0.3 is 11.5 Å². The fraction of sp³-hybridized carbons (Fsp3) is 0.250. The third-order valence-electron chi connectivity index (χ3n) is 2.94. The average molecular weight is 242 g/mol. The summed E-state index contributed by atoms with van der Waals surface area (Å²) in [7, 11) is 0. The molecule has 0 spiro atoms. The zero-order valence-electron chi connectivity index (χ0n) is 11.5. The van der Waals surface area contributed by atoms with Gasteiger partial charge in [-0.05, 0) is 40.5 Å². The van der Waals surface area contributed by atoms with Gasteiger partial charge in [-0.2, -0.15) is 0 Å². The number of anilines is 2. The van der Waals surface area contributed by atoms with Crippen LogP contribution in [0, 0.1) is 0 Å². The summed E-state index contributed by atoms with van der Waals surface area (Å²) in [6.45, 7) is 10.0. The highest BCUT2D eigenvalue weighted by molar-refractivity contribution is 5.97. The quantitative estimate of drug-likeness (QED) is 0.774. The normalized spacial score (nSPS) is 9.72. The van der Waals surface area contributed by atoms with Crippen LogP contribution in [-0.4, -0.2) is 0 Å². The predicted octanol–water partition coefficient (Wildman–Crippen LogP) is 4.24. The molecule has 0 radical (unpaired) electrons. The van der Waals surface area contributed by atoms with Gasteiger partial charge in [0, 0.05) is 0 Å². The van der Waals surface area contributed by atoms with E-state index >= 15 is 0 Å². The minimum Gasteiger partial charge on any atom is -0.397 e. The predicted molar refractivity (Wildman–Crippen MR) is 83.6 cm³/mol. The first-order valence-corrected chi connectivity index (χ1v) is 6.40. The number of rotatable bonds is 2. The fourth-order valence-electron chi connectivity index (χ4n) is 2.02. The summed E-state index contributed by atoms with van der Waals surface area (Å²) in [5.74, 6) is 0. The number of aryl methyl sites for hydroxylation is 1. The van der Waals surface area contributed by atoms with E-state index in [2.05, 4.69) is 25.6 Å². The minimum atomic E-state index is 0.629. The Labute approximate surface area is 109 Å². The van der Waals surface area contributed by atoms with Crippen LogP contribution in [0.25, 0.3) is 16.8 Å². The highest BCUT2D eigenvalue weighted by Gasteiger charge is 2.05. The molecule has 96 valence electrons. The lowest BCUT2D eigenvalue weighted by Crippen LogP contribution is -1.96. The molecule has 0 aliphatic carbocycles. The van der Waals surface area contributed by atoms with E-state index in [0.717, 1.165) is 22.8 Å². The first-order chi connectivity index (χ1) is 8.67. The van der Waals surface area contributed by atoms with Gasteiger partial charge in [-0.15, -0.1) is 0 Å². The van der Waals surface area contributed by atoms with E-state index in [0.29, 0.717) is 11.4 Å². The van der Waals surface area contributed by atoms with Gasteiger partial charge >= 0.3 is 0 Å². The second kappa shape index (κ2) is 6.10. The maximum absolute atomic E-state index is 5.84. The number of hydrogen-bond donors (Lipinski definition) is 2. The molecular formula is C16H22N2. The van der Waals surface area contributed by atoms with E-state index in [1.165, 1.54) is 5.56 Å². The molecule has 0 aromatic heterocycles. The first-order valence-electron chi connectivity index (χ1n) is 6.40. The smallest absolute Gasteiger partial charge is 0.0554 e. The van der Waals surface area contributed by atoms with Gasteiger partial charge in [-0.3, -0.25) is 0 Å². The molecule has 2 aromatic rings. The Morgan fingerprint density at radius 1 is 1.11 bits per heavy atom. The van der Waals surface area contributed by atoms with Gasteiger partial charge in [-0.25, -0.2) is 0 Å². The third-order valence-corrected chi connectivity index (χ3v) is 2.94. The standard InChI is InChI=1S/C14H16N2.C2H6/c1-3-9-5-6-10-7-13(15)14(16)8-12(10)11(9)4-2;1-2/h4-8H,2-3,15-16H2,1H3;1-2H3. The molecule has 2 heteroatoms. The topological polar surface area (TPSA) is 52.0 Å². The Morgan fingerprint density at radius 3 is 2.28 bits per heavy atom. The second-order valence-corrected chi connectivity index (χ2v) is 3.90. The van der Waals surface area contributed by atoms with Crippen molar-refractivity contribution in [3.05, 3.63) is 42.0 Å². The minimum absolute atomic E-state index is 0.629. The van der Waals surface area contributed by atoms with Gasteiger partial charge in [0.15, 0.2) is 0 Å². The average Bonchev–Trinajstić information content (AvgIpc) is 2.41. The molecule has 0 heterocycles. The SMILES string of the molecule is C=Cc1c(CC)ccc2cc(N)c(N)cc12.CC. The van der Waals surface area contributed by atoms with Gasteiger partial charge in [0.1, 0.15) is 0 Å². The van der Waals surface area contributed by atoms with Crippen molar-refractivity contribution in [1.29, 1.82) is 0 Å². The zero-order valence-corrected chi connectivity index (χ0v) is 11.5. The van der Waals surface area contributed by atoms with E-state index in [9.17, 15) is 0 Å². The summed E-state index contributed by atoms with van der Waals surface area (Å²) < 4.78 is 0. The van der Waals surface area contributed by atoms with Gasteiger partial charge in [0.05, 0.1) is 11.4 Å². The monoisotopic (exact) mass is 242 g/mol. The molecule has 0 atom stereocenters. The number of fused-ring (bicyclic) bond motifs is 1. The molecule has 0 saturated carbocycles. The van der Waals surface area contributed by atoms with Crippen molar-refractivity contribution in [3.8, 4) is 0 Å². The zero-order chi connectivity index (χ0) is 13.7. The van der Waals surface area contributed by atoms with Crippen LogP contribution in [0.1, 0.15) is 31.9 Å². The largest absolute Gasteiger partial charge is 0.397 e. The Kier molecular flexibility index (Phi) is 4.78. The van der Waals surface area contributed by atoms with E-state index in [-0.39, 0.29) is 0 Å². The van der Waals surface area contributed by atoms with Crippen molar-refractivity contribution in [2.45, 2.75) is 27.2 Å². The maximum Gasteiger partial charge on any atom is 0.0554 e. The van der Waals surface area contributed by atoms with Crippen LogP contribution in [-0.2, 0) is 6.42 Å². The third kappa shape index (κ3) is 2.48. The van der Waals surface area contributed by atoms with Crippen molar-refractivity contribution in [2.24, 2.45) is 0 Å². The molecule has 0 saturated heterocycles. The van der Waals surface area contributed by atoms with Crippen molar-refractivity contribution >= 4 is 28.2 Å². The van der Waals surface area contributed by atoms with Crippen molar-refractivity contribution in [1.82, 2.24) is 0 Å². The fourth-order valence-corrected chi connectivity index (χ4v) is 2.02. The summed E-state index contributed by atoms with van der Waals surface area (Å²) >= 11 is 0. The number of benzene rings is 2. The van der Waals surface area contributed by atoms with Crippen LogP contribution in [0.5, 0.6) is 0 Å². The molecule has 2 nitrogen and oxygen atoms in total. The van der Waals surface area contributed by atoms with Crippen LogP contribution in [0.3, 0.4) is 0 Å². The molecule has 4 N–H and O–H groups in total. The van der Waals surface area contributed by atoms with Crippen LogP contribution in [0.4, 0.5) is 11.4 Å². The number of nitrogen functional groups attached to an aromatic ring is 2. The van der Waals surface area contributed by atoms with Gasteiger partial charge in [0.25, 0.3) is 0 Å². The molecular weight excluding hydrogens is 220 g/mol. The van der Waals surface area contributed by atoms with Gasteiger partial charge in [0.2, 0.25) is 0 Å². The van der Waals surface area contributed by atoms with Crippen molar-refractivity contribution in [3.63, 3.8) is 0 Å².